The summed E-state index contributed by atoms with van der Waals surface area (Å²) in [6, 6.07) is 12.9. The van der Waals surface area contributed by atoms with Crippen molar-refractivity contribution < 1.29 is 9.18 Å². The molecule has 1 saturated heterocycles. The van der Waals surface area contributed by atoms with Crippen molar-refractivity contribution in [3.8, 4) is 0 Å². The first kappa shape index (κ1) is 20.9. The van der Waals surface area contributed by atoms with E-state index < -0.39 is 11.5 Å². The Morgan fingerprint density at radius 1 is 1.24 bits per heavy atom. The fourth-order valence-corrected chi connectivity index (χ4v) is 4.39. The number of aryl methyl sites for hydroxylation is 1. The number of hydrogen-bond acceptors (Lipinski definition) is 5. The number of anilines is 1. The molecule has 1 aliphatic heterocycles. The van der Waals surface area contributed by atoms with E-state index in [-0.39, 0.29) is 23.5 Å². The van der Waals surface area contributed by atoms with E-state index in [1.54, 1.807) is 18.3 Å². The monoisotopic (exact) mass is 446 g/mol. The zero-order valence-corrected chi connectivity index (χ0v) is 18.0. The van der Waals surface area contributed by atoms with E-state index in [1.165, 1.54) is 24.4 Å². The first-order chi connectivity index (χ1) is 16.0. The van der Waals surface area contributed by atoms with E-state index in [4.69, 9.17) is 5.10 Å². The molecule has 0 bridgehead atoms. The first-order valence-electron chi connectivity index (χ1n) is 10.9. The molecule has 0 spiro atoms. The van der Waals surface area contributed by atoms with Crippen LogP contribution in [-0.2, 0) is 6.42 Å². The molecular weight excluding hydrogens is 423 g/mol. The van der Waals surface area contributed by atoms with Crippen LogP contribution in [0.2, 0.25) is 0 Å². The first-order valence-corrected chi connectivity index (χ1v) is 10.9. The Balaban J connectivity index is 1.48. The van der Waals surface area contributed by atoms with Crippen LogP contribution in [-0.4, -0.2) is 38.1 Å². The molecule has 8 nitrogen and oxygen atoms in total. The number of H-pyrrole nitrogens is 1. The normalized spacial score (nSPS) is 18.1. The van der Waals surface area contributed by atoms with Gasteiger partial charge in [-0.3, -0.25) is 9.59 Å². The molecule has 1 unspecified atom stereocenters. The highest BCUT2D eigenvalue weighted by atomic mass is 19.1. The summed E-state index contributed by atoms with van der Waals surface area (Å²) in [6.07, 6.45) is 4.62. The van der Waals surface area contributed by atoms with Crippen molar-refractivity contribution in [1.29, 1.82) is 0 Å². The Labute approximate surface area is 189 Å². The SMILES string of the molecule is CCc1cnc2ccc(N3CC(NC(=O)c4ccc[nH]c4=O)C[C@@H]3c3cccc(F)c3)nn12. The second-order valence-corrected chi connectivity index (χ2v) is 8.11. The number of fused-ring (bicyclic) bond motifs is 1. The number of aromatic nitrogens is 4. The van der Waals surface area contributed by atoms with Crippen LogP contribution in [0.25, 0.3) is 5.65 Å². The van der Waals surface area contributed by atoms with Gasteiger partial charge in [0.05, 0.1) is 17.9 Å². The van der Waals surface area contributed by atoms with Crippen LogP contribution in [0, 0.1) is 5.82 Å². The molecule has 0 saturated carbocycles. The number of rotatable bonds is 5. The van der Waals surface area contributed by atoms with Gasteiger partial charge in [-0.2, -0.15) is 0 Å². The maximum absolute atomic E-state index is 14.0. The lowest BCUT2D eigenvalue weighted by Gasteiger charge is -2.26. The maximum Gasteiger partial charge on any atom is 0.260 e. The van der Waals surface area contributed by atoms with Gasteiger partial charge in [0.15, 0.2) is 5.65 Å². The van der Waals surface area contributed by atoms with Crippen LogP contribution in [0.5, 0.6) is 0 Å². The van der Waals surface area contributed by atoms with E-state index >= 15 is 0 Å². The second kappa shape index (κ2) is 8.50. The average molecular weight is 446 g/mol. The molecule has 2 N–H and O–H groups in total. The number of carbonyl (C=O) groups is 1. The zero-order valence-electron chi connectivity index (χ0n) is 18.0. The number of pyridine rings is 1. The van der Waals surface area contributed by atoms with Crippen molar-refractivity contribution in [3.63, 3.8) is 0 Å². The summed E-state index contributed by atoms with van der Waals surface area (Å²) >= 11 is 0. The minimum Gasteiger partial charge on any atom is -0.347 e. The molecule has 1 aromatic carbocycles. The summed E-state index contributed by atoms with van der Waals surface area (Å²) < 4.78 is 15.8. The lowest BCUT2D eigenvalue weighted by atomic mass is 10.0. The molecule has 2 atom stereocenters. The lowest BCUT2D eigenvalue weighted by Crippen LogP contribution is -2.39. The van der Waals surface area contributed by atoms with Gasteiger partial charge in [-0.1, -0.05) is 19.1 Å². The Morgan fingerprint density at radius 2 is 2.12 bits per heavy atom. The van der Waals surface area contributed by atoms with Crippen LogP contribution in [0.1, 0.15) is 41.0 Å². The molecule has 4 heterocycles. The van der Waals surface area contributed by atoms with Gasteiger partial charge in [0.1, 0.15) is 17.2 Å². The molecule has 0 aliphatic carbocycles. The van der Waals surface area contributed by atoms with E-state index in [0.29, 0.717) is 18.8 Å². The van der Waals surface area contributed by atoms with Crippen LogP contribution in [0.15, 0.2) is 65.7 Å². The smallest absolute Gasteiger partial charge is 0.260 e. The Kier molecular flexibility index (Phi) is 5.37. The van der Waals surface area contributed by atoms with E-state index in [1.807, 2.05) is 29.6 Å². The predicted molar refractivity (Wildman–Crippen MR) is 122 cm³/mol. The van der Waals surface area contributed by atoms with Gasteiger partial charge >= 0.3 is 0 Å². The maximum atomic E-state index is 14.0. The minimum absolute atomic E-state index is 0.0591. The van der Waals surface area contributed by atoms with Gasteiger partial charge in [-0.25, -0.2) is 13.9 Å². The van der Waals surface area contributed by atoms with Gasteiger partial charge in [-0.05, 0) is 54.8 Å². The molecule has 0 radical (unpaired) electrons. The number of imidazole rings is 1. The van der Waals surface area contributed by atoms with Crippen LogP contribution < -0.4 is 15.8 Å². The highest BCUT2D eigenvalue weighted by Crippen LogP contribution is 2.36. The molecular formula is C24H23FN6O2. The van der Waals surface area contributed by atoms with Crippen molar-refractivity contribution in [2.24, 2.45) is 0 Å². The highest BCUT2D eigenvalue weighted by Gasteiger charge is 2.35. The third-order valence-electron chi connectivity index (χ3n) is 6.01. The van der Waals surface area contributed by atoms with Crippen molar-refractivity contribution in [2.75, 3.05) is 11.4 Å². The number of nitrogens with one attached hydrogen (secondary N) is 2. The van der Waals surface area contributed by atoms with Crippen molar-refractivity contribution in [1.82, 2.24) is 24.9 Å². The molecule has 1 fully saturated rings. The van der Waals surface area contributed by atoms with Crippen molar-refractivity contribution >= 4 is 17.4 Å². The number of nitrogens with zero attached hydrogens (tertiary/aromatic N) is 4. The van der Waals surface area contributed by atoms with Crippen LogP contribution in [0.4, 0.5) is 10.2 Å². The van der Waals surface area contributed by atoms with E-state index in [9.17, 15) is 14.0 Å². The summed E-state index contributed by atoms with van der Waals surface area (Å²) in [6.45, 7) is 2.51. The number of halogens is 1. The molecule has 1 aliphatic rings. The van der Waals surface area contributed by atoms with Gasteiger partial charge < -0.3 is 15.2 Å². The number of benzene rings is 1. The van der Waals surface area contributed by atoms with Crippen LogP contribution >= 0.6 is 0 Å². The van der Waals surface area contributed by atoms with E-state index in [0.717, 1.165) is 23.3 Å². The standard InChI is InChI=1S/C24H23FN6O2/c1-2-18-13-27-21-8-9-22(29-31(18)21)30-14-17(12-20(30)15-5-3-6-16(25)11-15)28-24(33)19-7-4-10-26-23(19)32/h3-11,13,17,20H,2,12,14H2,1H3,(H,26,32)(H,28,33)/t17?,20-/m1/s1. The minimum atomic E-state index is -0.439. The predicted octanol–water partition coefficient (Wildman–Crippen LogP) is 2.87. The third kappa shape index (κ3) is 3.97. The number of carbonyl (C=O) groups excluding carboxylic acids is 1. The summed E-state index contributed by atoms with van der Waals surface area (Å²) in [5.41, 5.74) is 2.16. The third-order valence-corrected chi connectivity index (χ3v) is 6.01. The van der Waals surface area contributed by atoms with Gasteiger partial charge in [-0.15, -0.1) is 5.10 Å². The van der Waals surface area contributed by atoms with Crippen molar-refractivity contribution in [3.05, 3.63) is 93.9 Å². The highest BCUT2D eigenvalue weighted by molar-refractivity contribution is 5.94. The summed E-state index contributed by atoms with van der Waals surface area (Å²) in [7, 11) is 0. The second-order valence-electron chi connectivity index (χ2n) is 8.11. The fraction of sp³-hybridized carbons (Fsp3) is 0.250. The largest absolute Gasteiger partial charge is 0.347 e. The number of aromatic amines is 1. The zero-order chi connectivity index (χ0) is 22.9. The molecule has 5 rings (SSSR count). The Morgan fingerprint density at radius 3 is 2.91 bits per heavy atom. The van der Waals surface area contributed by atoms with E-state index in [2.05, 4.69) is 20.2 Å². The molecule has 4 aromatic rings. The Bertz CT molecular complexity index is 1380. The summed E-state index contributed by atoms with van der Waals surface area (Å²) in [5.74, 6) is -0.0474. The van der Waals surface area contributed by atoms with Gasteiger partial charge in [0.2, 0.25) is 0 Å². The lowest BCUT2D eigenvalue weighted by molar-refractivity contribution is 0.0938. The quantitative estimate of drug-likeness (QED) is 0.492. The summed E-state index contributed by atoms with van der Waals surface area (Å²) in [5, 5.41) is 7.75. The number of hydrogen-bond donors (Lipinski definition) is 2. The molecule has 1 amide bonds. The molecule has 168 valence electrons. The molecule has 33 heavy (non-hydrogen) atoms. The van der Waals surface area contributed by atoms with Gasteiger partial charge in [0, 0.05) is 18.8 Å². The van der Waals surface area contributed by atoms with Crippen LogP contribution in [0.3, 0.4) is 0 Å². The molecule has 9 heteroatoms. The average Bonchev–Trinajstić information content (AvgIpc) is 3.42. The topological polar surface area (TPSA) is 95.4 Å². The fourth-order valence-electron chi connectivity index (χ4n) is 4.39. The summed E-state index contributed by atoms with van der Waals surface area (Å²) in [4.78, 5) is 33.7. The molecule has 3 aromatic heterocycles. The van der Waals surface area contributed by atoms with Gasteiger partial charge in [0.25, 0.3) is 11.5 Å². The van der Waals surface area contributed by atoms with Crippen molar-refractivity contribution in [2.45, 2.75) is 31.8 Å². The number of amides is 1. The Hall–Kier alpha value is -4.01.